The molecule has 0 aliphatic heterocycles. The third-order valence-corrected chi connectivity index (χ3v) is 3.82. The molecule has 3 aromatic rings. The van der Waals surface area contributed by atoms with E-state index in [9.17, 15) is 4.79 Å². The molecular formula is C22H23NO2. The highest BCUT2D eigenvalue weighted by molar-refractivity contribution is 5.94. The van der Waals surface area contributed by atoms with Gasteiger partial charge in [-0.05, 0) is 49.9 Å². The topological polar surface area (TPSA) is 38.3 Å². The summed E-state index contributed by atoms with van der Waals surface area (Å²) >= 11 is 0. The number of carbonyl (C=O) groups is 1. The second kappa shape index (κ2) is 6.98. The van der Waals surface area contributed by atoms with Gasteiger partial charge in [0.05, 0.1) is 0 Å². The average Bonchev–Trinajstić information content (AvgIpc) is 2.59. The molecule has 3 aromatic carbocycles. The van der Waals surface area contributed by atoms with Crippen molar-refractivity contribution in [1.82, 2.24) is 5.32 Å². The highest BCUT2D eigenvalue weighted by atomic mass is 16.5. The van der Waals surface area contributed by atoms with Crippen molar-refractivity contribution in [1.29, 1.82) is 0 Å². The number of benzene rings is 3. The molecule has 0 atom stereocenters. The van der Waals surface area contributed by atoms with Gasteiger partial charge < -0.3 is 10.1 Å². The number of fused-ring (bicyclic) bond motifs is 1. The molecule has 3 heteroatoms. The zero-order valence-corrected chi connectivity index (χ0v) is 14.9. The first-order valence-electron chi connectivity index (χ1n) is 8.44. The first-order valence-corrected chi connectivity index (χ1v) is 8.44. The number of hydrogen-bond donors (Lipinski definition) is 1. The number of carbonyl (C=O) groups excluding carboxylic acids is 1. The predicted molar refractivity (Wildman–Crippen MR) is 102 cm³/mol. The Morgan fingerprint density at radius 2 is 1.68 bits per heavy atom. The van der Waals surface area contributed by atoms with Gasteiger partial charge in [-0.25, -0.2) is 0 Å². The van der Waals surface area contributed by atoms with E-state index in [1.165, 1.54) is 0 Å². The Bertz CT molecular complexity index is 888. The molecule has 0 fully saturated rings. The molecule has 3 rings (SSSR count). The number of amides is 1. The van der Waals surface area contributed by atoms with Crippen molar-refractivity contribution in [3.63, 3.8) is 0 Å². The van der Waals surface area contributed by atoms with E-state index in [0.717, 1.165) is 22.1 Å². The van der Waals surface area contributed by atoms with Crippen LogP contribution < -0.4 is 10.1 Å². The maximum Gasteiger partial charge on any atom is 0.251 e. The van der Waals surface area contributed by atoms with Gasteiger partial charge in [0.1, 0.15) is 12.4 Å². The summed E-state index contributed by atoms with van der Waals surface area (Å²) in [5, 5.41) is 5.22. The third-order valence-electron chi connectivity index (χ3n) is 3.82. The van der Waals surface area contributed by atoms with E-state index in [0.29, 0.717) is 12.2 Å². The van der Waals surface area contributed by atoms with Crippen LogP contribution in [0.25, 0.3) is 10.8 Å². The molecule has 0 saturated carbocycles. The molecule has 0 spiro atoms. The van der Waals surface area contributed by atoms with Crippen molar-refractivity contribution < 1.29 is 9.53 Å². The van der Waals surface area contributed by atoms with Gasteiger partial charge in [0.15, 0.2) is 0 Å². The number of nitrogens with one attached hydrogen (secondary N) is 1. The fourth-order valence-electron chi connectivity index (χ4n) is 2.70. The van der Waals surface area contributed by atoms with Crippen molar-refractivity contribution in [2.45, 2.75) is 32.9 Å². The Labute approximate surface area is 148 Å². The molecule has 0 heterocycles. The van der Waals surface area contributed by atoms with E-state index in [1.54, 1.807) is 0 Å². The van der Waals surface area contributed by atoms with E-state index in [4.69, 9.17) is 4.74 Å². The Kier molecular flexibility index (Phi) is 4.75. The minimum atomic E-state index is -0.257. The molecule has 3 nitrogen and oxygen atoms in total. The van der Waals surface area contributed by atoms with E-state index in [2.05, 4.69) is 23.5 Å². The smallest absolute Gasteiger partial charge is 0.251 e. The second-order valence-corrected chi connectivity index (χ2v) is 7.17. The molecule has 0 unspecified atom stereocenters. The van der Waals surface area contributed by atoms with Crippen LogP contribution in [0.2, 0.25) is 0 Å². The summed E-state index contributed by atoms with van der Waals surface area (Å²) in [6, 6.07) is 21.7. The van der Waals surface area contributed by atoms with Crippen LogP contribution in [0.5, 0.6) is 5.75 Å². The molecule has 0 radical (unpaired) electrons. The maximum atomic E-state index is 12.3. The molecule has 0 aromatic heterocycles. The largest absolute Gasteiger partial charge is 0.488 e. The second-order valence-electron chi connectivity index (χ2n) is 7.17. The molecule has 0 bridgehead atoms. The number of ether oxygens (including phenoxy) is 1. The first kappa shape index (κ1) is 17.0. The van der Waals surface area contributed by atoms with Gasteiger partial charge in [0.25, 0.3) is 5.91 Å². The fraction of sp³-hybridized carbons (Fsp3) is 0.227. The lowest BCUT2D eigenvalue weighted by Crippen LogP contribution is -2.40. The van der Waals surface area contributed by atoms with Crippen molar-refractivity contribution in [3.8, 4) is 5.75 Å². The molecule has 128 valence electrons. The first-order chi connectivity index (χ1) is 11.9. The zero-order valence-electron chi connectivity index (χ0n) is 14.9. The van der Waals surface area contributed by atoms with Gasteiger partial charge >= 0.3 is 0 Å². The Hall–Kier alpha value is -2.81. The predicted octanol–water partition coefficient (Wildman–Crippen LogP) is 4.95. The van der Waals surface area contributed by atoms with Crippen LogP contribution in [0.15, 0.2) is 66.7 Å². The van der Waals surface area contributed by atoms with Crippen molar-refractivity contribution >= 4 is 16.7 Å². The van der Waals surface area contributed by atoms with Crippen LogP contribution in [0, 0.1) is 0 Å². The molecule has 1 amide bonds. The molecule has 0 aliphatic carbocycles. The van der Waals surface area contributed by atoms with Gasteiger partial charge in [-0.2, -0.15) is 0 Å². The van der Waals surface area contributed by atoms with E-state index < -0.39 is 0 Å². The maximum absolute atomic E-state index is 12.3. The third kappa shape index (κ3) is 4.38. The highest BCUT2D eigenvalue weighted by Crippen LogP contribution is 2.26. The van der Waals surface area contributed by atoms with Crippen LogP contribution in [0.4, 0.5) is 0 Å². The summed E-state index contributed by atoms with van der Waals surface area (Å²) in [5.41, 5.74) is 1.36. The minimum Gasteiger partial charge on any atom is -0.488 e. The van der Waals surface area contributed by atoms with E-state index in [1.807, 2.05) is 69.3 Å². The zero-order chi connectivity index (χ0) is 17.9. The lowest BCUT2D eigenvalue weighted by molar-refractivity contribution is 0.0919. The standard InChI is InChI=1S/C22H23NO2/c1-22(2,3)23-21(24)18-11-6-8-16(14-18)15-25-20-13-7-10-17-9-4-5-12-19(17)20/h4-14H,15H2,1-3H3,(H,23,24). The Morgan fingerprint density at radius 3 is 2.48 bits per heavy atom. The monoisotopic (exact) mass is 333 g/mol. The lowest BCUT2D eigenvalue weighted by atomic mass is 10.1. The molecule has 0 saturated heterocycles. The quantitative estimate of drug-likeness (QED) is 0.734. The Morgan fingerprint density at radius 1 is 0.960 bits per heavy atom. The van der Waals surface area contributed by atoms with E-state index >= 15 is 0 Å². The summed E-state index contributed by atoms with van der Waals surface area (Å²) in [7, 11) is 0. The molecule has 1 N–H and O–H groups in total. The van der Waals surface area contributed by atoms with Gasteiger partial charge in [-0.1, -0.05) is 48.5 Å². The van der Waals surface area contributed by atoms with Gasteiger partial charge in [-0.3, -0.25) is 4.79 Å². The number of rotatable bonds is 4. The number of hydrogen-bond acceptors (Lipinski definition) is 2. The molecular weight excluding hydrogens is 310 g/mol. The van der Waals surface area contributed by atoms with Crippen LogP contribution in [0.1, 0.15) is 36.7 Å². The van der Waals surface area contributed by atoms with Crippen LogP contribution >= 0.6 is 0 Å². The summed E-state index contributed by atoms with van der Waals surface area (Å²) in [6.45, 7) is 6.33. The van der Waals surface area contributed by atoms with Crippen LogP contribution in [0.3, 0.4) is 0 Å². The summed E-state index contributed by atoms with van der Waals surface area (Å²) in [4.78, 5) is 12.3. The van der Waals surface area contributed by atoms with Crippen molar-refractivity contribution in [2.24, 2.45) is 0 Å². The van der Waals surface area contributed by atoms with Crippen molar-refractivity contribution in [3.05, 3.63) is 77.9 Å². The van der Waals surface area contributed by atoms with Crippen molar-refractivity contribution in [2.75, 3.05) is 0 Å². The minimum absolute atomic E-state index is 0.0699. The lowest BCUT2D eigenvalue weighted by Gasteiger charge is -2.20. The van der Waals surface area contributed by atoms with Crippen LogP contribution in [-0.4, -0.2) is 11.4 Å². The molecule has 25 heavy (non-hydrogen) atoms. The van der Waals surface area contributed by atoms with Gasteiger partial charge in [0.2, 0.25) is 0 Å². The highest BCUT2D eigenvalue weighted by Gasteiger charge is 2.15. The summed E-state index contributed by atoms with van der Waals surface area (Å²) < 4.78 is 6.01. The summed E-state index contributed by atoms with van der Waals surface area (Å²) in [5.74, 6) is 0.780. The SMILES string of the molecule is CC(C)(C)NC(=O)c1cccc(COc2cccc3ccccc23)c1. The fourth-order valence-corrected chi connectivity index (χ4v) is 2.70. The van der Waals surface area contributed by atoms with Gasteiger partial charge in [0, 0.05) is 16.5 Å². The van der Waals surface area contributed by atoms with Crippen LogP contribution in [-0.2, 0) is 6.61 Å². The van der Waals surface area contributed by atoms with E-state index in [-0.39, 0.29) is 11.4 Å². The normalized spacial score (nSPS) is 11.3. The average molecular weight is 333 g/mol. The summed E-state index contributed by atoms with van der Waals surface area (Å²) in [6.07, 6.45) is 0. The van der Waals surface area contributed by atoms with Gasteiger partial charge in [-0.15, -0.1) is 0 Å². The Balaban J connectivity index is 1.75. The molecule has 0 aliphatic rings.